The molecule has 1 heterocycles. The highest BCUT2D eigenvalue weighted by Crippen LogP contribution is 2.24. The van der Waals surface area contributed by atoms with Crippen molar-refractivity contribution in [1.82, 2.24) is 15.3 Å². The van der Waals surface area contributed by atoms with E-state index >= 15 is 0 Å². The van der Waals surface area contributed by atoms with Gasteiger partial charge in [0.15, 0.2) is 5.82 Å². The lowest BCUT2D eigenvalue weighted by atomic mass is 10.2. The van der Waals surface area contributed by atoms with Crippen LogP contribution in [0.2, 0.25) is 0 Å². The van der Waals surface area contributed by atoms with Gasteiger partial charge in [0.2, 0.25) is 0 Å². The molecule has 1 aromatic heterocycles. The third kappa shape index (κ3) is 4.33. The molecular weight excluding hydrogens is 350 g/mol. The van der Waals surface area contributed by atoms with Crippen molar-refractivity contribution in [2.75, 3.05) is 11.9 Å². The lowest BCUT2D eigenvalue weighted by molar-refractivity contribution is 0.0953. The van der Waals surface area contributed by atoms with E-state index in [9.17, 15) is 13.6 Å². The summed E-state index contributed by atoms with van der Waals surface area (Å²) in [7, 11) is 0. The number of hydrogen-bond acceptors (Lipinski definition) is 4. The molecular formula is C20H16F2N4O. The quantitative estimate of drug-likeness (QED) is 0.645. The Morgan fingerprint density at radius 3 is 2.41 bits per heavy atom. The minimum atomic E-state index is -0.771. The number of halogens is 2. The van der Waals surface area contributed by atoms with Gasteiger partial charge in [-0.3, -0.25) is 4.79 Å². The molecule has 0 saturated carbocycles. The lowest BCUT2D eigenvalue weighted by Crippen LogP contribution is -2.24. The Bertz CT molecular complexity index is 957. The number of carbonyl (C=O) groups is 1. The molecule has 0 aliphatic heterocycles. The van der Waals surface area contributed by atoms with Crippen LogP contribution in [0.5, 0.6) is 0 Å². The van der Waals surface area contributed by atoms with Gasteiger partial charge in [-0.25, -0.2) is 18.7 Å². The topological polar surface area (TPSA) is 66.9 Å². The molecule has 0 atom stereocenters. The first kappa shape index (κ1) is 18.2. The monoisotopic (exact) mass is 366 g/mol. The summed E-state index contributed by atoms with van der Waals surface area (Å²) in [5.41, 5.74) is 0.366. The molecule has 0 aliphatic carbocycles. The number of aromatic nitrogens is 2. The Morgan fingerprint density at radius 2 is 1.74 bits per heavy atom. The summed E-state index contributed by atoms with van der Waals surface area (Å²) in [5, 5.41) is 5.22. The molecule has 2 N–H and O–H groups in total. The highest BCUT2D eigenvalue weighted by atomic mass is 19.1. The van der Waals surface area contributed by atoms with Gasteiger partial charge in [-0.15, -0.1) is 6.58 Å². The summed E-state index contributed by atoms with van der Waals surface area (Å²) in [6.45, 7) is 3.80. The maximum absolute atomic E-state index is 13.9. The van der Waals surface area contributed by atoms with Crippen LogP contribution >= 0.6 is 0 Å². The van der Waals surface area contributed by atoms with Crippen molar-refractivity contribution in [3.8, 4) is 11.4 Å². The third-order valence-electron chi connectivity index (χ3n) is 3.61. The standard InChI is InChI=1S/C20H16F2N4O/c1-2-11-23-20(27)16-12-17(25-18-14(21)9-6-10-15(18)22)26-19(24-16)13-7-4-3-5-8-13/h2-10,12H,1,11H2,(H,23,27)(H,24,25,26). The predicted octanol–water partition coefficient (Wildman–Crippen LogP) is 4.08. The highest BCUT2D eigenvalue weighted by Gasteiger charge is 2.15. The average Bonchev–Trinajstić information content (AvgIpc) is 2.69. The predicted molar refractivity (Wildman–Crippen MR) is 99.6 cm³/mol. The second-order valence-electron chi connectivity index (χ2n) is 5.55. The Kier molecular flexibility index (Phi) is 5.51. The molecule has 1 amide bonds. The van der Waals surface area contributed by atoms with E-state index in [1.165, 1.54) is 18.2 Å². The van der Waals surface area contributed by atoms with Crippen molar-refractivity contribution in [3.05, 3.63) is 84.6 Å². The molecule has 7 heteroatoms. The van der Waals surface area contributed by atoms with Gasteiger partial charge in [0.05, 0.1) is 0 Å². The molecule has 0 spiro atoms. The molecule has 2 aromatic carbocycles. The van der Waals surface area contributed by atoms with Crippen molar-refractivity contribution in [2.24, 2.45) is 0 Å². The van der Waals surface area contributed by atoms with Gasteiger partial charge in [-0.05, 0) is 12.1 Å². The van der Waals surface area contributed by atoms with Gasteiger partial charge in [0.25, 0.3) is 5.91 Å². The number of anilines is 2. The number of rotatable bonds is 6. The fourth-order valence-corrected chi connectivity index (χ4v) is 2.34. The summed E-state index contributed by atoms with van der Waals surface area (Å²) in [6.07, 6.45) is 1.53. The molecule has 0 radical (unpaired) electrons. The first-order valence-electron chi connectivity index (χ1n) is 8.13. The van der Waals surface area contributed by atoms with E-state index < -0.39 is 17.5 Å². The van der Waals surface area contributed by atoms with Gasteiger partial charge in [0.1, 0.15) is 28.8 Å². The minimum absolute atomic E-state index is 0.0601. The van der Waals surface area contributed by atoms with Crippen molar-refractivity contribution in [3.63, 3.8) is 0 Å². The molecule has 27 heavy (non-hydrogen) atoms. The molecule has 0 aliphatic rings. The van der Waals surface area contributed by atoms with Crippen LogP contribution in [-0.4, -0.2) is 22.4 Å². The normalized spacial score (nSPS) is 10.3. The SMILES string of the molecule is C=CCNC(=O)c1cc(Nc2c(F)cccc2F)nc(-c2ccccc2)n1. The second kappa shape index (κ2) is 8.18. The number of hydrogen-bond donors (Lipinski definition) is 2. The highest BCUT2D eigenvalue weighted by molar-refractivity contribution is 5.93. The van der Waals surface area contributed by atoms with Crippen LogP contribution in [0.1, 0.15) is 10.5 Å². The molecule has 5 nitrogen and oxygen atoms in total. The van der Waals surface area contributed by atoms with Crippen molar-refractivity contribution < 1.29 is 13.6 Å². The summed E-state index contributed by atoms with van der Waals surface area (Å²) < 4.78 is 27.9. The van der Waals surface area contributed by atoms with E-state index in [1.54, 1.807) is 24.3 Å². The fourth-order valence-electron chi connectivity index (χ4n) is 2.34. The van der Waals surface area contributed by atoms with E-state index in [2.05, 4.69) is 27.2 Å². The Hall–Kier alpha value is -3.61. The number of nitrogens with zero attached hydrogens (tertiary/aromatic N) is 2. The average molecular weight is 366 g/mol. The smallest absolute Gasteiger partial charge is 0.270 e. The first-order valence-corrected chi connectivity index (χ1v) is 8.13. The maximum Gasteiger partial charge on any atom is 0.270 e. The van der Waals surface area contributed by atoms with Gasteiger partial charge < -0.3 is 10.6 Å². The summed E-state index contributed by atoms with van der Waals surface area (Å²) in [6, 6.07) is 13.8. The molecule has 0 fully saturated rings. The number of nitrogens with one attached hydrogen (secondary N) is 2. The Labute approximate surface area is 154 Å². The zero-order chi connectivity index (χ0) is 19.2. The number of amides is 1. The van der Waals surface area contributed by atoms with Crippen LogP contribution in [0.4, 0.5) is 20.3 Å². The second-order valence-corrected chi connectivity index (χ2v) is 5.55. The first-order chi connectivity index (χ1) is 13.1. The summed E-state index contributed by atoms with van der Waals surface area (Å²) >= 11 is 0. The van der Waals surface area contributed by atoms with E-state index in [0.717, 1.165) is 12.1 Å². The van der Waals surface area contributed by atoms with Crippen molar-refractivity contribution in [1.29, 1.82) is 0 Å². The van der Waals surface area contributed by atoms with Crippen molar-refractivity contribution >= 4 is 17.4 Å². The van der Waals surface area contributed by atoms with Crippen LogP contribution in [0.25, 0.3) is 11.4 Å². The molecule has 0 bridgehead atoms. The van der Waals surface area contributed by atoms with Crippen molar-refractivity contribution in [2.45, 2.75) is 0 Å². The van der Waals surface area contributed by atoms with Crippen LogP contribution in [0.3, 0.4) is 0 Å². The summed E-state index contributed by atoms with van der Waals surface area (Å²) in [4.78, 5) is 20.8. The molecule has 136 valence electrons. The third-order valence-corrected chi connectivity index (χ3v) is 3.61. The minimum Gasteiger partial charge on any atom is -0.347 e. The fraction of sp³-hybridized carbons (Fsp3) is 0.0500. The van der Waals surface area contributed by atoms with Gasteiger partial charge >= 0.3 is 0 Å². The van der Waals surface area contributed by atoms with E-state index in [-0.39, 0.29) is 29.6 Å². The Balaban J connectivity index is 2.04. The van der Waals surface area contributed by atoms with Gasteiger partial charge in [0, 0.05) is 18.2 Å². The van der Waals surface area contributed by atoms with Crippen LogP contribution in [0.15, 0.2) is 67.3 Å². The molecule has 0 saturated heterocycles. The van der Waals surface area contributed by atoms with Gasteiger partial charge in [-0.2, -0.15) is 0 Å². The zero-order valence-corrected chi connectivity index (χ0v) is 14.2. The maximum atomic E-state index is 13.9. The zero-order valence-electron chi connectivity index (χ0n) is 14.2. The largest absolute Gasteiger partial charge is 0.347 e. The number of para-hydroxylation sites is 1. The Morgan fingerprint density at radius 1 is 1.04 bits per heavy atom. The van der Waals surface area contributed by atoms with E-state index in [0.29, 0.717) is 5.56 Å². The number of carbonyl (C=O) groups excluding carboxylic acids is 1. The van der Waals surface area contributed by atoms with Gasteiger partial charge in [-0.1, -0.05) is 42.5 Å². The van der Waals surface area contributed by atoms with Crippen LogP contribution < -0.4 is 10.6 Å². The van der Waals surface area contributed by atoms with E-state index in [4.69, 9.17) is 0 Å². The summed E-state index contributed by atoms with van der Waals surface area (Å²) in [5.74, 6) is -1.65. The van der Waals surface area contributed by atoms with E-state index in [1.807, 2.05) is 6.07 Å². The molecule has 3 aromatic rings. The molecule has 0 unspecified atom stereocenters. The molecule has 3 rings (SSSR count). The van der Waals surface area contributed by atoms with Crippen LogP contribution in [-0.2, 0) is 0 Å². The number of benzene rings is 2. The van der Waals surface area contributed by atoms with Crippen LogP contribution in [0, 0.1) is 11.6 Å². The lowest BCUT2D eigenvalue weighted by Gasteiger charge is -2.11.